The van der Waals surface area contributed by atoms with E-state index in [1.165, 1.54) is 0 Å². The molecular weight excluding hydrogens is 272 g/mol. The lowest BCUT2D eigenvalue weighted by Gasteiger charge is -2.15. The van der Waals surface area contributed by atoms with Crippen molar-refractivity contribution in [3.05, 3.63) is 42.0 Å². The fourth-order valence-corrected chi connectivity index (χ4v) is 2.13. The van der Waals surface area contributed by atoms with Crippen LogP contribution in [0.4, 0.5) is 5.69 Å². The first kappa shape index (κ1) is 14.8. The molecule has 0 aliphatic carbocycles. The quantitative estimate of drug-likeness (QED) is 0.822. The monoisotopic (exact) mass is 288 g/mol. The van der Waals surface area contributed by atoms with Gasteiger partial charge in [-0.1, -0.05) is 0 Å². The molecule has 0 spiro atoms. The van der Waals surface area contributed by atoms with Crippen molar-refractivity contribution in [1.82, 2.24) is 4.90 Å². The number of hydrogen-bond acceptors (Lipinski definition) is 3. The molecule has 1 fully saturated rings. The van der Waals surface area contributed by atoms with Gasteiger partial charge in [-0.05, 0) is 37.1 Å². The molecule has 0 bridgehead atoms. The number of amides is 2. The average Bonchev–Trinajstić information content (AvgIpc) is 2.99. The molecule has 6 heteroatoms. The Bertz CT molecular complexity index is 572. The van der Waals surface area contributed by atoms with Crippen LogP contribution in [0.2, 0.25) is 0 Å². The summed E-state index contributed by atoms with van der Waals surface area (Å²) in [7, 11) is 0. The second-order valence-corrected chi connectivity index (χ2v) is 4.74. The normalized spacial score (nSPS) is 14.4. The van der Waals surface area contributed by atoms with Gasteiger partial charge in [-0.2, -0.15) is 0 Å². The van der Waals surface area contributed by atoms with Crippen molar-refractivity contribution in [2.75, 3.05) is 18.4 Å². The number of hydrogen-bond donors (Lipinski definition) is 2. The first-order chi connectivity index (χ1) is 10.1. The van der Waals surface area contributed by atoms with Crippen molar-refractivity contribution in [2.45, 2.75) is 12.8 Å². The van der Waals surface area contributed by atoms with Gasteiger partial charge in [-0.3, -0.25) is 9.59 Å². The van der Waals surface area contributed by atoms with E-state index in [-0.39, 0.29) is 5.91 Å². The molecule has 0 aromatic heterocycles. The number of likely N-dealkylation sites (tertiary alicyclic amines) is 1. The minimum Gasteiger partial charge on any atom is -0.478 e. The van der Waals surface area contributed by atoms with E-state index in [1.807, 2.05) is 4.90 Å². The summed E-state index contributed by atoms with van der Waals surface area (Å²) in [5.41, 5.74) is 1.09. The average molecular weight is 288 g/mol. The third-order valence-electron chi connectivity index (χ3n) is 3.17. The molecule has 21 heavy (non-hydrogen) atoms. The van der Waals surface area contributed by atoms with Crippen LogP contribution in [0.3, 0.4) is 0 Å². The molecule has 6 nitrogen and oxygen atoms in total. The maximum absolute atomic E-state index is 12.1. The Morgan fingerprint density at radius 3 is 2.24 bits per heavy atom. The highest BCUT2D eigenvalue weighted by molar-refractivity contribution is 6.02. The van der Waals surface area contributed by atoms with Gasteiger partial charge in [-0.15, -0.1) is 0 Å². The van der Waals surface area contributed by atoms with Gasteiger partial charge in [0.15, 0.2) is 0 Å². The van der Waals surface area contributed by atoms with E-state index in [9.17, 15) is 14.4 Å². The predicted octanol–water partition coefficient (Wildman–Crippen LogP) is 1.50. The van der Waals surface area contributed by atoms with Crippen LogP contribution in [0.5, 0.6) is 0 Å². The summed E-state index contributed by atoms with van der Waals surface area (Å²) in [5, 5.41) is 10.9. The molecule has 0 saturated carbocycles. The molecule has 1 saturated heterocycles. The van der Waals surface area contributed by atoms with Crippen molar-refractivity contribution >= 4 is 23.5 Å². The van der Waals surface area contributed by atoms with Gasteiger partial charge >= 0.3 is 5.97 Å². The number of rotatable bonds is 4. The lowest BCUT2D eigenvalue weighted by Crippen LogP contribution is -2.27. The Kier molecular flexibility index (Phi) is 4.71. The maximum atomic E-state index is 12.1. The molecule has 1 aromatic carbocycles. The Balaban J connectivity index is 1.97. The minimum atomic E-state index is -1.18. The van der Waals surface area contributed by atoms with Crippen LogP contribution >= 0.6 is 0 Å². The molecule has 2 rings (SSSR count). The standard InChI is InChI=1S/C15H16N2O4/c18-13(7-8-14(19)20)16-12-5-3-11(4-6-12)15(21)17-9-1-2-10-17/h3-8H,1-2,9-10H2,(H,16,18)(H,19,20)/b8-7+. The highest BCUT2D eigenvalue weighted by Crippen LogP contribution is 2.15. The van der Waals surface area contributed by atoms with Crippen LogP contribution in [0.15, 0.2) is 36.4 Å². The zero-order valence-corrected chi connectivity index (χ0v) is 11.4. The molecule has 0 unspecified atom stereocenters. The molecule has 1 aliphatic heterocycles. The van der Waals surface area contributed by atoms with E-state index >= 15 is 0 Å². The molecule has 1 heterocycles. The number of carboxylic acids is 1. The van der Waals surface area contributed by atoms with Gasteiger partial charge in [0.05, 0.1) is 0 Å². The van der Waals surface area contributed by atoms with Crippen molar-refractivity contribution < 1.29 is 19.5 Å². The first-order valence-electron chi connectivity index (χ1n) is 6.67. The van der Waals surface area contributed by atoms with Crippen molar-refractivity contribution in [3.63, 3.8) is 0 Å². The smallest absolute Gasteiger partial charge is 0.328 e. The Hall–Kier alpha value is -2.63. The SMILES string of the molecule is O=C(O)/C=C/C(=O)Nc1ccc(C(=O)N2CCCC2)cc1. The summed E-state index contributed by atoms with van der Waals surface area (Å²) < 4.78 is 0. The number of carbonyl (C=O) groups excluding carboxylic acids is 2. The van der Waals surface area contributed by atoms with Gasteiger partial charge in [0.2, 0.25) is 5.91 Å². The van der Waals surface area contributed by atoms with Crippen molar-refractivity contribution in [2.24, 2.45) is 0 Å². The second kappa shape index (κ2) is 6.69. The van der Waals surface area contributed by atoms with Crippen molar-refractivity contribution in [1.29, 1.82) is 0 Å². The predicted molar refractivity (Wildman–Crippen MR) is 77.0 cm³/mol. The number of anilines is 1. The number of aliphatic carboxylic acids is 1. The Morgan fingerprint density at radius 2 is 1.67 bits per heavy atom. The van der Waals surface area contributed by atoms with Crippen LogP contribution in [-0.4, -0.2) is 40.9 Å². The number of nitrogens with one attached hydrogen (secondary N) is 1. The molecule has 1 aromatic rings. The van der Waals surface area contributed by atoms with Crippen LogP contribution in [0.25, 0.3) is 0 Å². The van der Waals surface area contributed by atoms with E-state index in [1.54, 1.807) is 24.3 Å². The molecule has 1 aliphatic rings. The molecular formula is C15H16N2O4. The highest BCUT2D eigenvalue weighted by Gasteiger charge is 2.19. The van der Waals surface area contributed by atoms with Crippen LogP contribution < -0.4 is 5.32 Å². The second-order valence-electron chi connectivity index (χ2n) is 4.74. The summed E-state index contributed by atoms with van der Waals surface area (Å²) in [6.07, 6.45) is 3.78. The number of carboxylic acid groups (broad SMARTS) is 1. The summed E-state index contributed by atoms with van der Waals surface area (Å²) in [6.45, 7) is 1.58. The number of benzene rings is 1. The lowest BCUT2D eigenvalue weighted by atomic mass is 10.2. The Labute approximate surface area is 122 Å². The third kappa shape index (κ3) is 4.17. The zero-order valence-electron chi connectivity index (χ0n) is 11.4. The van der Waals surface area contributed by atoms with Crippen LogP contribution in [-0.2, 0) is 9.59 Å². The first-order valence-corrected chi connectivity index (χ1v) is 6.67. The summed E-state index contributed by atoms with van der Waals surface area (Å²) in [6, 6.07) is 6.54. The van der Waals surface area contributed by atoms with E-state index in [4.69, 9.17) is 5.11 Å². The van der Waals surface area contributed by atoms with Crippen LogP contribution in [0.1, 0.15) is 23.2 Å². The minimum absolute atomic E-state index is 0.00357. The molecule has 0 atom stereocenters. The van der Waals surface area contributed by atoms with Gasteiger partial charge in [0.1, 0.15) is 0 Å². The van der Waals surface area contributed by atoms with Gasteiger partial charge in [0, 0.05) is 36.5 Å². The molecule has 110 valence electrons. The molecule has 2 amide bonds. The topological polar surface area (TPSA) is 86.7 Å². The highest BCUT2D eigenvalue weighted by atomic mass is 16.4. The van der Waals surface area contributed by atoms with Gasteiger partial charge in [-0.25, -0.2) is 4.79 Å². The summed E-state index contributed by atoms with van der Waals surface area (Å²) in [4.78, 5) is 35.6. The number of carbonyl (C=O) groups is 3. The third-order valence-corrected chi connectivity index (χ3v) is 3.17. The van der Waals surface area contributed by atoms with E-state index in [2.05, 4.69) is 5.32 Å². The zero-order chi connectivity index (χ0) is 15.2. The van der Waals surface area contributed by atoms with Gasteiger partial charge in [0.25, 0.3) is 5.91 Å². The molecule has 2 N–H and O–H groups in total. The largest absolute Gasteiger partial charge is 0.478 e. The van der Waals surface area contributed by atoms with Gasteiger partial charge < -0.3 is 15.3 Å². The number of nitrogens with zero attached hydrogens (tertiary/aromatic N) is 1. The summed E-state index contributed by atoms with van der Waals surface area (Å²) in [5.74, 6) is -1.72. The van der Waals surface area contributed by atoms with E-state index in [0.717, 1.165) is 38.1 Å². The van der Waals surface area contributed by atoms with Crippen molar-refractivity contribution in [3.8, 4) is 0 Å². The summed E-state index contributed by atoms with van der Waals surface area (Å²) >= 11 is 0. The lowest BCUT2D eigenvalue weighted by molar-refractivity contribution is -0.131. The fraction of sp³-hybridized carbons (Fsp3) is 0.267. The van der Waals surface area contributed by atoms with Crippen LogP contribution in [0, 0.1) is 0 Å². The molecule has 0 radical (unpaired) electrons. The van der Waals surface area contributed by atoms with E-state index in [0.29, 0.717) is 11.3 Å². The maximum Gasteiger partial charge on any atom is 0.328 e. The van der Waals surface area contributed by atoms with E-state index < -0.39 is 11.9 Å². The fourth-order valence-electron chi connectivity index (χ4n) is 2.13. The Morgan fingerprint density at radius 1 is 1.05 bits per heavy atom.